The fourth-order valence-corrected chi connectivity index (χ4v) is 6.22. The molecular weight excluding hydrogens is 593 g/mol. The van der Waals surface area contributed by atoms with Crippen LogP contribution in [0.3, 0.4) is 0 Å². The Morgan fingerprint density at radius 2 is 1.60 bits per heavy atom. The molecule has 0 saturated carbocycles. The Bertz CT molecular complexity index is 1420. The first-order valence-electron chi connectivity index (χ1n) is 12.9. The fraction of sp³-hybridized carbons (Fsp3) is 0.310. The van der Waals surface area contributed by atoms with Crippen LogP contribution >= 0.6 is 34.8 Å². The first-order valence-corrected chi connectivity index (χ1v) is 15.5. The van der Waals surface area contributed by atoms with E-state index in [1.54, 1.807) is 61.5 Å². The number of hydrogen-bond acceptors (Lipinski definition) is 4. The molecule has 0 saturated heterocycles. The minimum absolute atomic E-state index is 0.0134. The second-order valence-electron chi connectivity index (χ2n) is 9.13. The van der Waals surface area contributed by atoms with Crippen LogP contribution in [0.2, 0.25) is 15.1 Å². The largest absolute Gasteiger partial charge is 0.354 e. The van der Waals surface area contributed by atoms with Gasteiger partial charge in [-0.3, -0.25) is 13.9 Å². The first-order chi connectivity index (χ1) is 19.1. The van der Waals surface area contributed by atoms with E-state index in [2.05, 4.69) is 5.32 Å². The van der Waals surface area contributed by atoms with Crippen molar-refractivity contribution in [1.29, 1.82) is 0 Å². The number of rotatable bonds is 13. The molecule has 214 valence electrons. The maximum Gasteiger partial charge on any atom is 0.264 e. The SMILES string of the molecule is CCCCNC(=O)C(CC)N(Cc1ccc(Cl)cc1Cl)C(=O)CN(c1cccc(Cl)c1)S(=O)(=O)c1ccccc1. The van der Waals surface area contributed by atoms with Gasteiger partial charge < -0.3 is 10.2 Å². The van der Waals surface area contributed by atoms with Gasteiger partial charge >= 0.3 is 0 Å². The smallest absolute Gasteiger partial charge is 0.264 e. The van der Waals surface area contributed by atoms with Crippen molar-refractivity contribution < 1.29 is 18.0 Å². The third kappa shape index (κ3) is 8.13. The zero-order valence-corrected chi connectivity index (χ0v) is 25.4. The van der Waals surface area contributed by atoms with Gasteiger partial charge in [0, 0.05) is 28.2 Å². The van der Waals surface area contributed by atoms with Gasteiger partial charge in [0.2, 0.25) is 11.8 Å². The summed E-state index contributed by atoms with van der Waals surface area (Å²) in [4.78, 5) is 28.7. The van der Waals surface area contributed by atoms with Crippen LogP contribution in [0.15, 0.2) is 77.7 Å². The second kappa shape index (κ2) is 14.7. The van der Waals surface area contributed by atoms with E-state index < -0.39 is 28.5 Å². The van der Waals surface area contributed by atoms with E-state index >= 15 is 0 Å². The third-order valence-electron chi connectivity index (χ3n) is 6.28. The first kappa shape index (κ1) is 31.7. The van der Waals surface area contributed by atoms with Gasteiger partial charge in [-0.1, -0.05) is 85.4 Å². The number of carbonyl (C=O) groups excluding carboxylic acids is 2. The van der Waals surface area contributed by atoms with Gasteiger partial charge in [-0.05, 0) is 60.9 Å². The zero-order chi connectivity index (χ0) is 29.3. The number of nitrogens with zero attached hydrogens (tertiary/aromatic N) is 2. The van der Waals surface area contributed by atoms with Crippen LogP contribution in [-0.2, 0) is 26.2 Å². The monoisotopic (exact) mass is 623 g/mol. The van der Waals surface area contributed by atoms with Crippen LogP contribution in [0.5, 0.6) is 0 Å². The summed E-state index contributed by atoms with van der Waals surface area (Å²) < 4.78 is 28.6. The number of unbranched alkanes of at least 4 members (excludes halogenated alkanes) is 1. The van der Waals surface area contributed by atoms with E-state index in [0.717, 1.165) is 17.1 Å². The lowest BCUT2D eigenvalue weighted by Crippen LogP contribution is -2.52. The van der Waals surface area contributed by atoms with Gasteiger partial charge in [0.1, 0.15) is 12.6 Å². The molecule has 1 atom stereocenters. The molecule has 3 aromatic rings. The van der Waals surface area contributed by atoms with Crippen molar-refractivity contribution in [3.63, 3.8) is 0 Å². The molecule has 1 unspecified atom stereocenters. The molecular formula is C29H32Cl3N3O4S. The highest BCUT2D eigenvalue weighted by atomic mass is 35.5. The maximum absolute atomic E-state index is 14.0. The number of amides is 2. The lowest BCUT2D eigenvalue weighted by molar-refractivity contribution is -0.140. The minimum atomic E-state index is -4.17. The normalized spacial score (nSPS) is 12.0. The molecule has 0 aliphatic rings. The van der Waals surface area contributed by atoms with Gasteiger partial charge in [0.05, 0.1) is 10.6 Å². The van der Waals surface area contributed by atoms with Crippen molar-refractivity contribution in [3.8, 4) is 0 Å². The Kier molecular flexibility index (Phi) is 11.7. The van der Waals surface area contributed by atoms with E-state index in [0.29, 0.717) is 33.6 Å². The summed E-state index contributed by atoms with van der Waals surface area (Å²) in [5.41, 5.74) is 0.786. The van der Waals surface area contributed by atoms with E-state index in [1.165, 1.54) is 23.1 Å². The Labute approximate surface area is 251 Å². The molecule has 11 heteroatoms. The molecule has 0 aliphatic heterocycles. The highest BCUT2D eigenvalue weighted by molar-refractivity contribution is 7.92. The topological polar surface area (TPSA) is 86.8 Å². The van der Waals surface area contributed by atoms with E-state index in [-0.39, 0.29) is 23.0 Å². The van der Waals surface area contributed by atoms with Crippen LogP contribution in [0.1, 0.15) is 38.7 Å². The van der Waals surface area contributed by atoms with Crippen molar-refractivity contribution >= 4 is 62.3 Å². The Hall–Kier alpha value is -2.78. The summed E-state index contributed by atoms with van der Waals surface area (Å²) >= 11 is 18.7. The summed E-state index contributed by atoms with van der Waals surface area (Å²) in [6, 6.07) is 18.1. The molecule has 40 heavy (non-hydrogen) atoms. The van der Waals surface area contributed by atoms with Crippen LogP contribution in [-0.4, -0.2) is 44.3 Å². The molecule has 0 fully saturated rings. The number of halogens is 3. The average molecular weight is 625 g/mol. The number of anilines is 1. The molecule has 0 aliphatic carbocycles. The Morgan fingerprint density at radius 3 is 2.23 bits per heavy atom. The molecule has 0 heterocycles. The third-order valence-corrected chi connectivity index (χ3v) is 8.89. The highest BCUT2D eigenvalue weighted by Gasteiger charge is 2.34. The number of benzene rings is 3. The number of carbonyl (C=O) groups is 2. The lowest BCUT2D eigenvalue weighted by Gasteiger charge is -2.33. The van der Waals surface area contributed by atoms with Crippen molar-refractivity contribution in [3.05, 3.63) is 93.4 Å². The predicted molar refractivity (Wildman–Crippen MR) is 161 cm³/mol. The van der Waals surface area contributed by atoms with Crippen molar-refractivity contribution in [2.24, 2.45) is 0 Å². The van der Waals surface area contributed by atoms with Crippen LogP contribution in [0.4, 0.5) is 5.69 Å². The summed E-state index contributed by atoms with van der Waals surface area (Å²) in [6.07, 6.45) is 1.99. The molecule has 0 radical (unpaired) electrons. The highest BCUT2D eigenvalue weighted by Crippen LogP contribution is 2.28. The quantitative estimate of drug-likeness (QED) is 0.218. The van der Waals surface area contributed by atoms with Crippen molar-refractivity contribution in [2.45, 2.75) is 50.6 Å². The number of hydrogen-bond donors (Lipinski definition) is 1. The van der Waals surface area contributed by atoms with E-state index in [1.807, 2.05) is 6.92 Å². The molecule has 0 bridgehead atoms. The fourth-order valence-electron chi connectivity index (χ4n) is 4.14. The molecule has 3 aromatic carbocycles. The number of nitrogens with one attached hydrogen (secondary N) is 1. The Balaban J connectivity index is 2.05. The van der Waals surface area contributed by atoms with Crippen molar-refractivity contribution in [1.82, 2.24) is 10.2 Å². The molecule has 1 N–H and O–H groups in total. The molecule has 0 aromatic heterocycles. The van der Waals surface area contributed by atoms with Gasteiger partial charge in [-0.25, -0.2) is 8.42 Å². The summed E-state index contributed by atoms with van der Waals surface area (Å²) in [6.45, 7) is 3.68. The Morgan fingerprint density at radius 1 is 0.900 bits per heavy atom. The average Bonchev–Trinajstić information content (AvgIpc) is 2.93. The standard InChI is InChI=1S/C29H32Cl3N3O4S/c1-3-5-16-33-29(37)27(4-2)34(19-21-14-15-23(31)18-26(21)32)28(36)20-35(24-11-9-10-22(30)17-24)40(38,39)25-12-7-6-8-13-25/h6-15,17-18,27H,3-5,16,19-20H2,1-2H3,(H,33,37). The van der Waals surface area contributed by atoms with E-state index in [9.17, 15) is 18.0 Å². The minimum Gasteiger partial charge on any atom is -0.354 e. The second-order valence-corrected chi connectivity index (χ2v) is 12.3. The van der Waals surface area contributed by atoms with Gasteiger partial charge in [-0.2, -0.15) is 0 Å². The molecule has 3 rings (SSSR count). The van der Waals surface area contributed by atoms with Gasteiger partial charge in [0.15, 0.2) is 0 Å². The van der Waals surface area contributed by atoms with E-state index in [4.69, 9.17) is 34.8 Å². The van der Waals surface area contributed by atoms with Crippen LogP contribution in [0.25, 0.3) is 0 Å². The maximum atomic E-state index is 14.0. The zero-order valence-electron chi connectivity index (χ0n) is 22.3. The number of sulfonamides is 1. The molecule has 2 amide bonds. The van der Waals surface area contributed by atoms with Gasteiger partial charge in [-0.15, -0.1) is 0 Å². The molecule has 7 nitrogen and oxygen atoms in total. The van der Waals surface area contributed by atoms with Crippen LogP contribution < -0.4 is 9.62 Å². The summed E-state index contributed by atoms with van der Waals surface area (Å²) in [5, 5.41) is 3.96. The summed E-state index contributed by atoms with van der Waals surface area (Å²) in [7, 11) is -4.17. The van der Waals surface area contributed by atoms with Gasteiger partial charge in [0.25, 0.3) is 10.0 Å². The van der Waals surface area contributed by atoms with Crippen LogP contribution in [0, 0.1) is 0 Å². The van der Waals surface area contributed by atoms with Crippen molar-refractivity contribution in [2.75, 3.05) is 17.4 Å². The lowest BCUT2D eigenvalue weighted by atomic mass is 10.1. The summed E-state index contributed by atoms with van der Waals surface area (Å²) in [5.74, 6) is -0.905. The molecule has 0 spiro atoms. The predicted octanol–water partition coefficient (Wildman–Crippen LogP) is 6.57.